The minimum absolute atomic E-state index is 0. The molecule has 0 saturated carbocycles. The number of hydrogen-bond acceptors (Lipinski definition) is 11. The number of para-hydroxylation sites is 2. The van der Waals surface area contributed by atoms with Crippen LogP contribution in [0.5, 0.6) is 11.5 Å². The van der Waals surface area contributed by atoms with Crippen molar-refractivity contribution in [1.29, 1.82) is 0 Å². The molecule has 1 unspecified atom stereocenters. The molecule has 90 heavy (non-hydrogen) atoms. The fraction of sp³-hybridized carbons (Fsp3) is 0.377. The molecular weight excluding hydrogens is 1180 g/mol. The zero-order valence-corrected chi connectivity index (χ0v) is 52.8. The van der Waals surface area contributed by atoms with Crippen molar-refractivity contribution < 1.29 is 43.0 Å². The molecule has 21 heteroatoms. The Morgan fingerprint density at radius 3 is 1.23 bits per heavy atom. The van der Waals surface area contributed by atoms with Crippen molar-refractivity contribution >= 4 is 77.7 Å². The molecule has 19 nitrogen and oxygen atoms in total. The number of aryl methyl sites for hydroxylation is 2. The van der Waals surface area contributed by atoms with Gasteiger partial charge in [0.05, 0.1) is 37.3 Å². The van der Waals surface area contributed by atoms with Gasteiger partial charge in [-0.2, -0.15) is 0 Å². The Hall–Kier alpha value is -8.49. The number of anilines is 2. The van der Waals surface area contributed by atoms with Crippen LogP contribution in [0.2, 0.25) is 0 Å². The van der Waals surface area contributed by atoms with Crippen LogP contribution in [0.4, 0.5) is 16.2 Å². The van der Waals surface area contributed by atoms with E-state index < -0.39 is 66.3 Å². The lowest BCUT2D eigenvalue weighted by Gasteiger charge is -2.31. The maximum absolute atomic E-state index is 14.9. The molecule has 10 rings (SSSR count). The summed E-state index contributed by atoms with van der Waals surface area (Å²) in [6.07, 6.45) is 4.95. The first-order valence-electron chi connectivity index (χ1n) is 30.7. The Morgan fingerprint density at radius 1 is 0.489 bits per heavy atom. The third-order valence-corrected chi connectivity index (χ3v) is 17.3. The molecule has 6 aromatic rings. The number of carbonyl (C=O) groups is 7. The highest BCUT2D eigenvalue weighted by atomic mass is 35.5. The number of amides is 8. The monoisotopic (exact) mass is 1260 g/mol. The summed E-state index contributed by atoms with van der Waals surface area (Å²) in [4.78, 5) is 102. The van der Waals surface area contributed by atoms with Crippen LogP contribution in [-0.2, 0) is 54.5 Å². The van der Waals surface area contributed by atoms with Gasteiger partial charge in [0.1, 0.15) is 47.9 Å². The SMILES string of the molecule is CN[C@@H](C)C(=O)N[C@@H](Cc1ccc(NC(=O)Nc2ccc(C[C@H](NC(=O)[C@H](C)NC)C(=O)N3C[C@@H](Oc4ccccc4)C[C@H]3C(=O)N[C@@H]3CCCc4ccccc43)cc2)cc1)C(=O)N1C[C@@H](Oc2ccccc2)C[C@H]1C(=O)NC1CCCc2ccccc21.Cl.Cl. The zero-order valence-electron chi connectivity index (χ0n) is 51.2. The van der Waals surface area contributed by atoms with Crippen molar-refractivity contribution in [3.63, 3.8) is 0 Å². The number of urea groups is 1. The maximum atomic E-state index is 14.9. The summed E-state index contributed by atoms with van der Waals surface area (Å²) < 4.78 is 12.7. The van der Waals surface area contributed by atoms with E-state index in [1.807, 2.05) is 97.1 Å². The zero-order chi connectivity index (χ0) is 61.7. The molecule has 2 aliphatic heterocycles. The number of halogens is 2. The van der Waals surface area contributed by atoms with Crippen molar-refractivity contribution in [2.45, 2.75) is 139 Å². The molecule has 2 saturated heterocycles. The van der Waals surface area contributed by atoms with Gasteiger partial charge in [0.15, 0.2) is 0 Å². The summed E-state index contributed by atoms with van der Waals surface area (Å²) in [5, 5.41) is 24.1. The molecule has 0 spiro atoms. The molecule has 2 heterocycles. The molecule has 0 aromatic heterocycles. The normalized spacial score (nSPS) is 20.3. The van der Waals surface area contributed by atoms with Crippen LogP contribution in [0.3, 0.4) is 0 Å². The van der Waals surface area contributed by atoms with Crippen LogP contribution >= 0.6 is 24.8 Å². The number of fused-ring (bicyclic) bond motifs is 2. The predicted molar refractivity (Wildman–Crippen MR) is 351 cm³/mol. The summed E-state index contributed by atoms with van der Waals surface area (Å²) in [6, 6.07) is 42.7. The summed E-state index contributed by atoms with van der Waals surface area (Å²) in [7, 11) is 3.32. The van der Waals surface area contributed by atoms with Gasteiger partial charge < -0.3 is 61.8 Å². The number of nitrogens with zero attached hydrogens (tertiary/aromatic N) is 2. The maximum Gasteiger partial charge on any atom is 0.323 e. The van der Waals surface area contributed by atoms with Crippen LogP contribution in [0.1, 0.15) is 97.8 Å². The van der Waals surface area contributed by atoms with Gasteiger partial charge in [-0.05, 0) is 148 Å². The number of rotatable bonds is 22. The van der Waals surface area contributed by atoms with E-state index in [4.69, 9.17) is 9.47 Å². The van der Waals surface area contributed by atoms with Crippen LogP contribution in [0.15, 0.2) is 158 Å². The Labute approximate surface area is 538 Å². The average Bonchev–Trinajstić information content (AvgIpc) is 1.72. The lowest BCUT2D eigenvalue weighted by molar-refractivity contribution is -0.141. The lowest BCUT2D eigenvalue weighted by Crippen LogP contribution is -2.56. The van der Waals surface area contributed by atoms with Crippen LogP contribution in [0, 0.1) is 0 Å². The first-order chi connectivity index (χ1) is 42.7. The van der Waals surface area contributed by atoms with E-state index in [1.54, 1.807) is 86.3 Å². The van der Waals surface area contributed by atoms with E-state index in [-0.39, 0.29) is 99.3 Å². The van der Waals surface area contributed by atoms with Gasteiger partial charge in [-0.1, -0.05) is 109 Å². The third-order valence-electron chi connectivity index (χ3n) is 17.3. The highest BCUT2D eigenvalue weighted by Gasteiger charge is 2.46. The number of carbonyl (C=O) groups excluding carboxylic acids is 7. The van der Waals surface area contributed by atoms with Gasteiger partial charge >= 0.3 is 6.03 Å². The Kier molecular flexibility index (Phi) is 23.8. The summed E-state index contributed by atoms with van der Waals surface area (Å²) in [5.74, 6) is -0.952. The Morgan fingerprint density at radius 2 is 0.856 bits per heavy atom. The quantitative estimate of drug-likeness (QED) is 0.0325. The molecule has 0 radical (unpaired) electrons. The lowest BCUT2D eigenvalue weighted by atomic mass is 9.87. The van der Waals surface area contributed by atoms with Gasteiger partial charge in [0, 0.05) is 37.1 Å². The predicted octanol–water partition coefficient (Wildman–Crippen LogP) is 7.93. The minimum atomic E-state index is -1.06. The van der Waals surface area contributed by atoms with Gasteiger partial charge in [-0.25, -0.2) is 4.79 Å². The summed E-state index contributed by atoms with van der Waals surface area (Å²) in [6.45, 7) is 3.65. The second-order valence-corrected chi connectivity index (χ2v) is 23.4. The van der Waals surface area contributed by atoms with Crippen molar-refractivity contribution in [2.24, 2.45) is 0 Å². The van der Waals surface area contributed by atoms with Crippen molar-refractivity contribution in [2.75, 3.05) is 37.8 Å². The molecule has 0 bridgehead atoms. The molecule has 4 aliphatic rings. The van der Waals surface area contributed by atoms with Gasteiger partial charge in [-0.15, -0.1) is 24.8 Å². The molecule has 8 amide bonds. The second kappa shape index (κ2) is 31.8. The molecule has 2 fully saturated rings. The van der Waals surface area contributed by atoms with Crippen LogP contribution in [0.25, 0.3) is 0 Å². The van der Waals surface area contributed by atoms with Gasteiger partial charge in [0.25, 0.3) is 0 Å². The largest absolute Gasteiger partial charge is 0.488 e. The topological polar surface area (TPSA) is 241 Å². The number of hydrogen-bond donors (Lipinski definition) is 8. The number of nitrogens with one attached hydrogen (secondary N) is 8. The third kappa shape index (κ3) is 17.1. The van der Waals surface area contributed by atoms with Crippen LogP contribution < -0.4 is 52.0 Å². The molecule has 8 N–H and O–H groups in total. The van der Waals surface area contributed by atoms with E-state index in [9.17, 15) is 33.6 Å². The number of likely N-dealkylation sites (N-methyl/N-ethyl adjacent to an activating group) is 2. The summed E-state index contributed by atoms with van der Waals surface area (Å²) in [5.41, 5.74) is 6.84. The van der Waals surface area contributed by atoms with Gasteiger partial charge in [0.2, 0.25) is 35.4 Å². The minimum Gasteiger partial charge on any atom is -0.488 e. The highest BCUT2D eigenvalue weighted by Crippen LogP contribution is 2.34. The highest BCUT2D eigenvalue weighted by molar-refractivity contribution is 6.00. The number of benzene rings is 6. The van der Waals surface area contributed by atoms with Crippen molar-refractivity contribution in [3.05, 3.63) is 191 Å². The fourth-order valence-electron chi connectivity index (χ4n) is 12.3. The second-order valence-electron chi connectivity index (χ2n) is 23.4. The molecular formula is C69H82Cl2N10O9. The van der Waals surface area contributed by atoms with E-state index in [0.717, 1.165) is 49.7 Å². The molecule has 2 aliphatic carbocycles. The Balaban J connectivity index is 0.00000523. The van der Waals surface area contributed by atoms with Crippen LogP contribution in [-0.4, -0.2) is 127 Å². The molecule has 476 valence electrons. The van der Waals surface area contributed by atoms with Gasteiger partial charge in [-0.3, -0.25) is 28.8 Å². The van der Waals surface area contributed by atoms with E-state index in [0.29, 0.717) is 34.0 Å². The van der Waals surface area contributed by atoms with E-state index >= 15 is 0 Å². The molecule has 6 aromatic carbocycles. The van der Waals surface area contributed by atoms with E-state index in [2.05, 4.69) is 54.7 Å². The molecule has 10 atom stereocenters. The number of likely N-dealkylation sites (tertiary alicyclic amines) is 2. The van der Waals surface area contributed by atoms with Crippen molar-refractivity contribution in [3.8, 4) is 11.5 Å². The van der Waals surface area contributed by atoms with E-state index in [1.165, 1.54) is 11.1 Å². The fourth-order valence-corrected chi connectivity index (χ4v) is 12.3. The first kappa shape index (κ1) is 67.4. The first-order valence-corrected chi connectivity index (χ1v) is 30.7. The smallest absolute Gasteiger partial charge is 0.323 e. The average molecular weight is 1270 g/mol. The summed E-state index contributed by atoms with van der Waals surface area (Å²) >= 11 is 0. The van der Waals surface area contributed by atoms with Crippen molar-refractivity contribution in [1.82, 2.24) is 41.7 Å². The number of ether oxygens (including phenoxy) is 2. The Bertz CT molecular complexity index is 3200. The standard InChI is InChI=1S/C69H80N10O9.2ClH/c1-43(70-3)63(80)76-59(67(84)78-41-53(87-51-21-7-5-8-22-51)39-61(78)65(82)74-57-27-15-19-47-17-11-13-25-55(47)57)37-45-29-33-49(34-30-45)72-69(86)73-50-35-31-46(32-36-50)38-60(77-64(81)44(2)71-4)68(85)79-42-54(88-52-23-9-6-10-24-52)40-62(79)66(83)75-58-28-16-20-48-18-12-14-26-56(48)58;;/h5-14,17-18,21-26,29-36,43-44,53-54,57-62,70-71H,15-16,19-20,27-28,37-42H2,1-4H3,(H,74,82)(H,75,83)(H,76,80)(H,77,81)(H2,72,73,86);2*1H/t43-,44-,53-,54-,57+,58?,59-,60-,61-,62-;;/m0../s1.